The molecule has 0 bridgehead atoms. The van der Waals surface area contributed by atoms with Crippen LogP contribution in [0.5, 0.6) is 17.2 Å². The molecule has 0 N–H and O–H groups in total. The predicted molar refractivity (Wildman–Crippen MR) is 107 cm³/mol. The third kappa shape index (κ3) is 5.44. The fraction of sp³-hybridized carbons (Fsp3) is 0.300. The quantitative estimate of drug-likeness (QED) is 0.272. The number of carbonyl (C=O) groups is 1. The van der Waals surface area contributed by atoms with E-state index >= 15 is 0 Å². The standard InChI is InChI=1S/C20H22N2O7/c1-5-17(20(23)28-4)29-19-13(10-15(22(24)25)11-18(19)27-3)12-21-14-6-8-16(26-2)9-7-14/h6-12,17H,5H2,1-4H3. The maximum Gasteiger partial charge on any atom is 0.347 e. The number of nitro benzene ring substituents is 1. The molecule has 2 aromatic rings. The van der Waals surface area contributed by atoms with Crippen LogP contribution in [0.3, 0.4) is 0 Å². The van der Waals surface area contributed by atoms with Gasteiger partial charge in [0.15, 0.2) is 17.6 Å². The molecule has 0 aliphatic carbocycles. The van der Waals surface area contributed by atoms with Crippen molar-refractivity contribution in [3.63, 3.8) is 0 Å². The molecule has 0 amide bonds. The molecule has 1 unspecified atom stereocenters. The van der Waals surface area contributed by atoms with Crippen LogP contribution in [0.1, 0.15) is 18.9 Å². The molecule has 154 valence electrons. The number of carbonyl (C=O) groups excluding carboxylic acids is 1. The number of benzene rings is 2. The van der Waals surface area contributed by atoms with Crippen molar-refractivity contribution in [2.24, 2.45) is 4.99 Å². The van der Waals surface area contributed by atoms with E-state index in [1.54, 1.807) is 38.3 Å². The zero-order valence-electron chi connectivity index (χ0n) is 16.6. The van der Waals surface area contributed by atoms with Gasteiger partial charge in [-0.05, 0) is 30.7 Å². The molecule has 0 heterocycles. The number of hydrogen-bond acceptors (Lipinski definition) is 8. The summed E-state index contributed by atoms with van der Waals surface area (Å²) in [6.07, 6.45) is 0.849. The highest BCUT2D eigenvalue weighted by molar-refractivity contribution is 5.88. The zero-order chi connectivity index (χ0) is 21.4. The lowest BCUT2D eigenvalue weighted by Crippen LogP contribution is -2.28. The molecule has 0 aliphatic rings. The Kier molecular flexibility index (Phi) is 7.53. The summed E-state index contributed by atoms with van der Waals surface area (Å²) >= 11 is 0. The molecule has 1 atom stereocenters. The summed E-state index contributed by atoms with van der Waals surface area (Å²) in [7, 11) is 4.17. The van der Waals surface area contributed by atoms with Gasteiger partial charge in [0.1, 0.15) is 5.75 Å². The van der Waals surface area contributed by atoms with Crippen molar-refractivity contribution < 1.29 is 28.7 Å². The van der Waals surface area contributed by atoms with E-state index < -0.39 is 17.0 Å². The molecule has 2 rings (SSSR count). The van der Waals surface area contributed by atoms with Crippen molar-refractivity contribution in [3.05, 3.63) is 52.1 Å². The largest absolute Gasteiger partial charge is 0.497 e. The Morgan fingerprint density at radius 1 is 1.17 bits per heavy atom. The van der Waals surface area contributed by atoms with Gasteiger partial charge in [0.25, 0.3) is 5.69 Å². The van der Waals surface area contributed by atoms with E-state index in [4.69, 9.17) is 18.9 Å². The molecular formula is C20H22N2O7. The normalized spacial score (nSPS) is 11.7. The fourth-order valence-electron chi connectivity index (χ4n) is 2.47. The second-order valence-corrected chi connectivity index (χ2v) is 5.82. The SMILES string of the molecule is CCC(Oc1c(C=Nc2ccc(OC)cc2)cc([N+](=O)[O-])cc1OC)C(=O)OC. The molecule has 0 fully saturated rings. The molecule has 0 saturated carbocycles. The van der Waals surface area contributed by atoms with Crippen molar-refractivity contribution >= 4 is 23.6 Å². The molecule has 29 heavy (non-hydrogen) atoms. The predicted octanol–water partition coefficient (Wildman–Crippen LogP) is 3.69. The highest BCUT2D eigenvalue weighted by atomic mass is 16.6. The molecule has 0 saturated heterocycles. The third-order valence-electron chi connectivity index (χ3n) is 4.02. The number of nitrogens with zero attached hydrogens (tertiary/aromatic N) is 2. The lowest BCUT2D eigenvalue weighted by atomic mass is 10.1. The summed E-state index contributed by atoms with van der Waals surface area (Å²) in [5.74, 6) is 0.380. The zero-order valence-corrected chi connectivity index (χ0v) is 16.6. The minimum atomic E-state index is -0.900. The maximum atomic E-state index is 11.9. The third-order valence-corrected chi connectivity index (χ3v) is 4.02. The smallest absolute Gasteiger partial charge is 0.347 e. The van der Waals surface area contributed by atoms with Crippen LogP contribution in [-0.2, 0) is 9.53 Å². The number of methoxy groups -OCH3 is 3. The van der Waals surface area contributed by atoms with Gasteiger partial charge in [-0.15, -0.1) is 0 Å². The first kappa shape index (κ1) is 21.7. The van der Waals surface area contributed by atoms with Crippen LogP contribution in [0.4, 0.5) is 11.4 Å². The summed E-state index contributed by atoms with van der Waals surface area (Å²) in [5.41, 5.74) is 0.688. The van der Waals surface area contributed by atoms with Gasteiger partial charge in [-0.2, -0.15) is 0 Å². The number of rotatable bonds is 9. The Hall–Kier alpha value is -3.62. The Morgan fingerprint density at radius 3 is 2.38 bits per heavy atom. The molecule has 9 heteroatoms. The van der Waals surface area contributed by atoms with Crippen LogP contribution in [0.2, 0.25) is 0 Å². The monoisotopic (exact) mass is 402 g/mol. The van der Waals surface area contributed by atoms with E-state index in [0.29, 0.717) is 17.9 Å². The van der Waals surface area contributed by atoms with E-state index in [9.17, 15) is 14.9 Å². The number of non-ortho nitro benzene ring substituents is 1. The molecular weight excluding hydrogens is 380 g/mol. The molecule has 0 radical (unpaired) electrons. The van der Waals surface area contributed by atoms with Crippen LogP contribution < -0.4 is 14.2 Å². The van der Waals surface area contributed by atoms with Crippen LogP contribution in [0.15, 0.2) is 41.4 Å². The van der Waals surface area contributed by atoms with Gasteiger partial charge in [0, 0.05) is 17.8 Å². The second-order valence-electron chi connectivity index (χ2n) is 5.82. The van der Waals surface area contributed by atoms with Gasteiger partial charge < -0.3 is 18.9 Å². The fourth-order valence-corrected chi connectivity index (χ4v) is 2.47. The van der Waals surface area contributed by atoms with Gasteiger partial charge in [0.05, 0.1) is 38.0 Å². The lowest BCUT2D eigenvalue weighted by Gasteiger charge is -2.18. The first-order valence-electron chi connectivity index (χ1n) is 8.72. The summed E-state index contributed by atoms with van der Waals surface area (Å²) in [5, 5.41) is 11.3. The van der Waals surface area contributed by atoms with Crippen LogP contribution in [0.25, 0.3) is 0 Å². The molecule has 0 aromatic heterocycles. The van der Waals surface area contributed by atoms with E-state index in [0.717, 1.165) is 0 Å². The number of hydrogen-bond donors (Lipinski definition) is 0. The minimum absolute atomic E-state index is 0.109. The average Bonchev–Trinajstić information content (AvgIpc) is 2.75. The average molecular weight is 402 g/mol. The summed E-state index contributed by atoms with van der Waals surface area (Å²) < 4.78 is 20.9. The minimum Gasteiger partial charge on any atom is -0.497 e. The van der Waals surface area contributed by atoms with E-state index in [1.165, 1.54) is 32.6 Å². The Morgan fingerprint density at radius 2 is 1.86 bits per heavy atom. The van der Waals surface area contributed by atoms with Crippen molar-refractivity contribution in [2.45, 2.75) is 19.4 Å². The first-order valence-corrected chi connectivity index (χ1v) is 8.72. The molecule has 0 aliphatic heterocycles. The van der Waals surface area contributed by atoms with E-state index in [1.807, 2.05) is 0 Å². The molecule has 2 aromatic carbocycles. The molecule has 0 spiro atoms. The summed E-state index contributed by atoms with van der Waals surface area (Å²) in [4.78, 5) is 27.0. The maximum absolute atomic E-state index is 11.9. The van der Waals surface area contributed by atoms with E-state index in [2.05, 4.69) is 4.99 Å². The number of esters is 1. The van der Waals surface area contributed by atoms with Gasteiger partial charge in [-0.1, -0.05) is 6.92 Å². The highest BCUT2D eigenvalue weighted by Crippen LogP contribution is 2.36. The van der Waals surface area contributed by atoms with Crippen LogP contribution >= 0.6 is 0 Å². The summed E-state index contributed by atoms with van der Waals surface area (Å²) in [6, 6.07) is 9.46. The number of nitro groups is 1. The van der Waals surface area contributed by atoms with Crippen molar-refractivity contribution in [3.8, 4) is 17.2 Å². The topological polar surface area (TPSA) is 109 Å². The lowest BCUT2D eigenvalue weighted by molar-refractivity contribution is -0.385. The highest BCUT2D eigenvalue weighted by Gasteiger charge is 2.25. The van der Waals surface area contributed by atoms with Crippen LogP contribution in [-0.4, -0.2) is 44.5 Å². The van der Waals surface area contributed by atoms with Crippen molar-refractivity contribution in [1.82, 2.24) is 0 Å². The first-order chi connectivity index (χ1) is 13.9. The number of ether oxygens (including phenoxy) is 4. The van der Waals surface area contributed by atoms with Crippen molar-refractivity contribution in [2.75, 3.05) is 21.3 Å². The van der Waals surface area contributed by atoms with Gasteiger partial charge >= 0.3 is 5.97 Å². The van der Waals surface area contributed by atoms with Crippen molar-refractivity contribution in [1.29, 1.82) is 0 Å². The number of aliphatic imine (C=N–C) groups is 1. The molecule has 9 nitrogen and oxygen atoms in total. The van der Waals surface area contributed by atoms with Gasteiger partial charge in [0.2, 0.25) is 0 Å². The van der Waals surface area contributed by atoms with E-state index in [-0.39, 0.29) is 22.7 Å². The Balaban J connectivity index is 2.50. The summed E-state index contributed by atoms with van der Waals surface area (Å²) in [6.45, 7) is 1.75. The Labute approximate surface area is 168 Å². The second kappa shape index (κ2) is 10.1. The van der Waals surface area contributed by atoms with Gasteiger partial charge in [-0.3, -0.25) is 15.1 Å². The Bertz CT molecular complexity index is 894. The van der Waals surface area contributed by atoms with Crippen LogP contribution in [0, 0.1) is 10.1 Å². The van der Waals surface area contributed by atoms with Gasteiger partial charge in [-0.25, -0.2) is 4.79 Å².